The molecule has 0 amide bonds. The van der Waals surface area contributed by atoms with Crippen LogP contribution in [0.2, 0.25) is 0 Å². The highest BCUT2D eigenvalue weighted by Gasteiger charge is 2.43. The molecule has 1 aliphatic rings. The number of rotatable bonds is 2. The van der Waals surface area contributed by atoms with Crippen LogP contribution in [0, 0.1) is 6.92 Å². The molecule has 0 saturated carbocycles. The molecule has 2 heterocycles. The third-order valence-corrected chi connectivity index (χ3v) is 2.94. The maximum Gasteiger partial charge on any atom is 0.330 e. The van der Waals surface area contributed by atoms with Gasteiger partial charge in [-0.1, -0.05) is 0 Å². The smallest absolute Gasteiger partial charge is 0.330 e. The molecule has 2 unspecified atom stereocenters. The summed E-state index contributed by atoms with van der Waals surface area (Å²) in [6.07, 6.45) is -3.52. The van der Waals surface area contributed by atoms with Gasteiger partial charge in [-0.2, -0.15) is 0 Å². The number of hydrogen-bond acceptors (Lipinski definition) is 6. The Morgan fingerprint density at radius 2 is 2.06 bits per heavy atom. The van der Waals surface area contributed by atoms with Crippen molar-refractivity contribution in [2.75, 3.05) is 6.61 Å². The Bertz CT molecular complexity index is 550. The largest absolute Gasteiger partial charge is 0.394 e. The highest BCUT2D eigenvalue weighted by Crippen LogP contribution is 2.27. The fourth-order valence-corrected chi connectivity index (χ4v) is 1.88. The highest BCUT2D eigenvalue weighted by atomic mass is 16.6. The van der Waals surface area contributed by atoms with Crippen LogP contribution in [0.25, 0.3) is 0 Å². The number of hydrogen-bond donors (Lipinski definition) is 4. The van der Waals surface area contributed by atoms with Gasteiger partial charge in [-0.25, -0.2) is 4.79 Å². The van der Waals surface area contributed by atoms with Gasteiger partial charge < -0.3 is 20.1 Å². The van der Waals surface area contributed by atoms with E-state index in [4.69, 9.17) is 9.84 Å². The number of ether oxygens (including phenoxy) is 1. The Morgan fingerprint density at radius 3 is 2.61 bits per heavy atom. The summed E-state index contributed by atoms with van der Waals surface area (Å²) >= 11 is 0. The van der Waals surface area contributed by atoms with Crippen molar-refractivity contribution in [3.05, 3.63) is 32.6 Å². The molecule has 8 nitrogen and oxygen atoms in total. The molecule has 1 aliphatic heterocycles. The van der Waals surface area contributed by atoms with Crippen LogP contribution in [0.4, 0.5) is 0 Å². The fraction of sp³-hybridized carbons (Fsp3) is 0.600. The van der Waals surface area contributed by atoms with Crippen molar-refractivity contribution in [1.82, 2.24) is 9.55 Å². The van der Waals surface area contributed by atoms with Crippen LogP contribution in [0.3, 0.4) is 0 Å². The number of aromatic nitrogens is 2. The minimum Gasteiger partial charge on any atom is -0.394 e. The van der Waals surface area contributed by atoms with E-state index in [1.165, 1.54) is 13.1 Å². The van der Waals surface area contributed by atoms with Crippen LogP contribution in [-0.4, -0.2) is 49.8 Å². The molecule has 0 radical (unpaired) electrons. The molecule has 1 aromatic heterocycles. The number of aryl methyl sites for hydroxylation is 1. The van der Waals surface area contributed by atoms with E-state index in [9.17, 15) is 19.8 Å². The average molecular weight is 258 g/mol. The SMILES string of the molecule is Cc1cn([C@@H]2O[C@H](CO)C(O)C2O)c(=O)[nH]c1=O. The molecule has 0 aliphatic carbocycles. The van der Waals surface area contributed by atoms with E-state index < -0.39 is 42.4 Å². The number of aromatic amines is 1. The molecular formula is C10H14N2O6. The van der Waals surface area contributed by atoms with E-state index in [2.05, 4.69) is 4.98 Å². The van der Waals surface area contributed by atoms with Gasteiger partial charge in [0.15, 0.2) is 6.23 Å². The molecule has 4 atom stereocenters. The first-order valence-electron chi connectivity index (χ1n) is 5.40. The van der Waals surface area contributed by atoms with Gasteiger partial charge in [0.05, 0.1) is 6.61 Å². The Labute approximate surface area is 101 Å². The van der Waals surface area contributed by atoms with Gasteiger partial charge in [0.2, 0.25) is 0 Å². The van der Waals surface area contributed by atoms with E-state index in [0.717, 1.165) is 4.57 Å². The lowest BCUT2D eigenvalue weighted by Gasteiger charge is -2.17. The summed E-state index contributed by atoms with van der Waals surface area (Å²) < 4.78 is 6.17. The lowest BCUT2D eigenvalue weighted by Crippen LogP contribution is -2.38. The summed E-state index contributed by atoms with van der Waals surface area (Å²) in [5, 5.41) is 28.3. The second-order valence-electron chi connectivity index (χ2n) is 4.21. The van der Waals surface area contributed by atoms with Gasteiger partial charge in [-0.3, -0.25) is 14.3 Å². The summed E-state index contributed by atoms with van der Waals surface area (Å²) in [5.74, 6) is 0. The van der Waals surface area contributed by atoms with Gasteiger partial charge in [0.25, 0.3) is 5.56 Å². The van der Waals surface area contributed by atoms with Gasteiger partial charge in [-0.15, -0.1) is 0 Å². The van der Waals surface area contributed by atoms with Crippen LogP contribution in [0.5, 0.6) is 0 Å². The molecule has 1 aromatic rings. The first-order chi connectivity index (χ1) is 8.45. The molecule has 0 spiro atoms. The molecule has 4 N–H and O–H groups in total. The molecule has 8 heteroatoms. The fourth-order valence-electron chi connectivity index (χ4n) is 1.88. The Morgan fingerprint density at radius 1 is 1.39 bits per heavy atom. The van der Waals surface area contributed by atoms with Gasteiger partial charge in [-0.05, 0) is 6.92 Å². The monoisotopic (exact) mass is 258 g/mol. The van der Waals surface area contributed by atoms with E-state index in [1.807, 2.05) is 0 Å². The molecule has 100 valence electrons. The number of aliphatic hydroxyl groups excluding tert-OH is 3. The maximum atomic E-state index is 11.6. The van der Waals surface area contributed by atoms with Gasteiger partial charge in [0.1, 0.15) is 18.3 Å². The van der Waals surface area contributed by atoms with Gasteiger partial charge >= 0.3 is 5.69 Å². The molecular weight excluding hydrogens is 244 g/mol. The quantitative estimate of drug-likeness (QED) is 0.463. The zero-order valence-corrected chi connectivity index (χ0v) is 9.61. The number of aliphatic hydroxyl groups is 3. The normalized spacial score (nSPS) is 31.8. The number of H-pyrrole nitrogens is 1. The van der Waals surface area contributed by atoms with Crippen LogP contribution in [0.15, 0.2) is 15.8 Å². The topological polar surface area (TPSA) is 125 Å². The predicted molar refractivity (Wildman–Crippen MR) is 59.1 cm³/mol. The lowest BCUT2D eigenvalue weighted by atomic mass is 10.1. The maximum absolute atomic E-state index is 11.6. The van der Waals surface area contributed by atoms with Crippen molar-refractivity contribution in [3.63, 3.8) is 0 Å². The molecule has 1 fully saturated rings. The summed E-state index contributed by atoms with van der Waals surface area (Å²) in [6, 6.07) is 0. The summed E-state index contributed by atoms with van der Waals surface area (Å²) in [4.78, 5) is 24.9. The van der Waals surface area contributed by atoms with E-state index in [-0.39, 0.29) is 5.56 Å². The number of nitrogens with zero attached hydrogens (tertiary/aromatic N) is 1. The average Bonchev–Trinajstić information content (AvgIpc) is 2.61. The molecule has 18 heavy (non-hydrogen) atoms. The van der Waals surface area contributed by atoms with Crippen LogP contribution in [0.1, 0.15) is 11.8 Å². The standard InChI is InChI=1S/C10H14N2O6/c1-4-2-12(10(17)11-8(4)16)9-7(15)6(14)5(3-13)18-9/h2,5-7,9,13-15H,3H2,1H3,(H,11,16,17)/t5-,6?,7?,9-/m1/s1. The predicted octanol–water partition coefficient (Wildman–Crippen LogP) is -2.54. The zero-order valence-electron chi connectivity index (χ0n) is 9.61. The molecule has 1 saturated heterocycles. The molecule has 0 bridgehead atoms. The van der Waals surface area contributed by atoms with Crippen molar-refractivity contribution >= 4 is 0 Å². The van der Waals surface area contributed by atoms with E-state index in [1.54, 1.807) is 0 Å². The van der Waals surface area contributed by atoms with Crippen molar-refractivity contribution in [1.29, 1.82) is 0 Å². The van der Waals surface area contributed by atoms with Crippen molar-refractivity contribution < 1.29 is 20.1 Å². The summed E-state index contributed by atoms with van der Waals surface area (Å²) in [6.45, 7) is 1.02. The summed E-state index contributed by atoms with van der Waals surface area (Å²) in [7, 11) is 0. The second kappa shape index (κ2) is 4.65. The third kappa shape index (κ3) is 1.99. The minimum atomic E-state index is -1.36. The Hall–Kier alpha value is -1.48. The van der Waals surface area contributed by atoms with Crippen molar-refractivity contribution in [2.24, 2.45) is 0 Å². The van der Waals surface area contributed by atoms with E-state index in [0.29, 0.717) is 0 Å². The third-order valence-electron chi connectivity index (χ3n) is 2.94. The summed E-state index contributed by atoms with van der Waals surface area (Å²) in [5.41, 5.74) is -1.00. The molecule has 0 aromatic carbocycles. The molecule has 2 rings (SSSR count). The van der Waals surface area contributed by atoms with Crippen LogP contribution >= 0.6 is 0 Å². The minimum absolute atomic E-state index is 0.271. The highest BCUT2D eigenvalue weighted by molar-refractivity contribution is 5.03. The second-order valence-corrected chi connectivity index (χ2v) is 4.21. The van der Waals surface area contributed by atoms with Crippen LogP contribution < -0.4 is 11.2 Å². The van der Waals surface area contributed by atoms with E-state index >= 15 is 0 Å². The first-order valence-corrected chi connectivity index (χ1v) is 5.40. The van der Waals surface area contributed by atoms with Crippen molar-refractivity contribution in [3.8, 4) is 0 Å². The Kier molecular flexibility index (Phi) is 3.35. The zero-order chi connectivity index (χ0) is 13.4. The lowest BCUT2D eigenvalue weighted by molar-refractivity contribution is -0.0551. The van der Waals surface area contributed by atoms with Crippen molar-refractivity contribution in [2.45, 2.75) is 31.5 Å². The van der Waals surface area contributed by atoms with Gasteiger partial charge in [0, 0.05) is 11.8 Å². The van der Waals surface area contributed by atoms with Crippen LogP contribution in [-0.2, 0) is 4.74 Å². The Balaban J connectivity index is 2.42. The number of nitrogens with one attached hydrogen (secondary N) is 1. The first kappa shape index (κ1) is 13.0.